The van der Waals surface area contributed by atoms with Gasteiger partial charge >= 0.3 is 0 Å². The van der Waals surface area contributed by atoms with E-state index in [4.69, 9.17) is 4.42 Å². The van der Waals surface area contributed by atoms with Gasteiger partial charge in [0.2, 0.25) is 0 Å². The second kappa shape index (κ2) is 8.64. The lowest BCUT2D eigenvalue weighted by Crippen LogP contribution is -2.09. The highest BCUT2D eigenvalue weighted by Gasteiger charge is 2.23. The fourth-order valence-corrected chi connectivity index (χ4v) is 5.97. The van der Waals surface area contributed by atoms with Crippen molar-refractivity contribution < 1.29 is 4.42 Å². The molecule has 0 fully saturated rings. The normalized spacial score (nSPS) is 11.6. The fourth-order valence-electron chi connectivity index (χ4n) is 5.97. The largest absolute Gasteiger partial charge is 0.456 e. The van der Waals surface area contributed by atoms with E-state index in [0.29, 0.717) is 0 Å². The molecule has 0 radical (unpaired) electrons. The highest BCUT2D eigenvalue weighted by Crippen LogP contribution is 2.46. The van der Waals surface area contributed by atoms with Gasteiger partial charge in [-0.2, -0.15) is 0 Å². The minimum absolute atomic E-state index is 0.878. The van der Waals surface area contributed by atoms with Crippen LogP contribution >= 0.6 is 0 Å². The van der Waals surface area contributed by atoms with Crippen molar-refractivity contribution in [2.45, 2.75) is 0 Å². The van der Waals surface area contributed by atoms with Gasteiger partial charge in [-0.15, -0.1) is 0 Å². The molecule has 0 aliphatic rings. The minimum Gasteiger partial charge on any atom is -0.456 e. The number of hydrogen-bond donors (Lipinski definition) is 0. The molecule has 0 amide bonds. The summed E-state index contributed by atoms with van der Waals surface area (Å²) in [6.07, 6.45) is 0. The Hall–Kier alpha value is -5.28. The van der Waals surface area contributed by atoms with Crippen molar-refractivity contribution in [2.75, 3.05) is 4.90 Å². The van der Waals surface area contributed by atoms with Gasteiger partial charge in [0.15, 0.2) is 0 Å². The highest BCUT2D eigenvalue weighted by molar-refractivity contribution is 6.29. The van der Waals surface area contributed by atoms with Crippen LogP contribution in [-0.4, -0.2) is 4.57 Å². The molecule has 0 N–H and O–H groups in total. The lowest BCUT2D eigenvalue weighted by molar-refractivity contribution is 0.669. The van der Waals surface area contributed by atoms with Crippen LogP contribution in [0.4, 0.5) is 17.1 Å². The maximum Gasteiger partial charge on any atom is 0.137 e. The smallest absolute Gasteiger partial charge is 0.137 e. The van der Waals surface area contributed by atoms with Crippen LogP contribution in [-0.2, 0) is 0 Å². The fraction of sp³-hybridized carbons (Fsp3) is 0. The maximum absolute atomic E-state index is 6.55. The Morgan fingerprint density at radius 1 is 0.436 bits per heavy atom. The molecule has 184 valence electrons. The van der Waals surface area contributed by atoms with Gasteiger partial charge < -0.3 is 13.9 Å². The quantitative estimate of drug-likeness (QED) is 0.240. The minimum atomic E-state index is 0.878. The van der Waals surface area contributed by atoms with E-state index in [1.165, 1.54) is 21.8 Å². The van der Waals surface area contributed by atoms with Crippen LogP contribution in [0, 0.1) is 0 Å². The molecule has 2 aromatic heterocycles. The van der Waals surface area contributed by atoms with E-state index in [1.807, 2.05) is 0 Å². The number of fused-ring (bicyclic) bond motifs is 7. The molecular formula is C36H24N2O. The molecule has 0 bridgehead atoms. The second-order valence-corrected chi connectivity index (χ2v) is 9.78. The average molecular weight is 501 g/mol. The molecule has 8 aromatic rings. The summed E-state index contributed by atoms with van der Waals surface area (Å²) in [4.78, 5) is 2.33. The Morgan fingerprint density at radius 2 is 1.05 bits per heavy atom. The molecule has 6 aromatic carbocycles. The van der Waals surface area contributed by atoms with Gasteiger partial charge in [0.05, 0.1) is 22.1 Å². The predicted molar refractivity (Wildman–Crippen MR) is 163 cm³/mol. The summed E-state index contributed by atoms with van der Waals surface area (Å²) >= 11 is 0. The lowest BCUT2D eigenvalue weighted by Gasteiger charge is -2.26. The molecule has 3 heteroatoms. The van der Waals surface area contributed by atoms with Gasteiger partial charge in [-0.1, -0.05) is 78.9 Å². The van der Waals surface area contributed by atoms with Crippen molar-refractivity contribution in [3.8, 4) is 5.69 Å². The molecule has 39 heavy (non-hydrogen) atoms. The van der Waals surface area contributed by atoms with E-state index in [1.54, 1.807) is 0 Å². The summed E-state index contributed by atoms with van der Waals surface area (Å²) < 4.78 is 8.91. The number of nitrogens with zero attached hydrogens (tertiary/aromatic N) is 2. The average Bonchev–Trinajstić information content (AvgIpc) is 3.55. The first-order valence-corrected chi connectivity index (χ1v) is 13.2. The molecule has 8 rings (SSSR count). The van der Waals surface area contributed by atoms with E-state index in [0.717, 1.165) is 44.7 Å². The van der Waals surface area contributed by atoms with Crippen LogP contribution in [0.2, 0.25) is 0 Å². The van der Waals surface area contributed by atoms with Crippen molar-refractivity contribution in [2.24, 2.45) is 0 Å². The van der Waals surface area contributed by atoms with Gasteiger partial charge in [0.25, 0.3) is 0 Å². The highest BCUT2D eigenvalue weighted by atomic mass is 16.3. The van der Waals surface area contributed by atoms with Crippen molar-refractivity contribution in [3.05, 3.63) is 146 Å². The molecule has 0 aliphatic carbocycles. The summed E-state index contributed by atoms with van der Waals surface area (Å²) in [7, 11) is 0. The zero-order valence-corrected chi connectivity index (χ0v) is 21.2. The third-order valence-corrected chi connectivity index (χ3v) is 7.56. The molecule has 2 heterocycles. The summed E-state index contributed by atoms with van der Waals surface area (Å²) in [5.74, 6) is 0. The number of furan rings is 1. The van der Waals surface area contributed by atoms with E-state index in [-0.39, 0.29) is 0 Å². The van der Waals surface area contributed by atoms with Crippen molar-refractivity contribution >= 4 is 60.8 Å². The molecule has 0 unspecified atom stereocenters. The Morgan fingerprint density at radius 3 is 1.77 bits per heavy atom. The first-order chi connectivity index (χ1) is 19.4. The summed E-state index contributed by atoms with van der Waals surface area (Å²) in [6.45, 7) is 0. The van der Waals surface area contributed by atoms with Gasteiger partial charge in [0, 0.05) is 33.2 Å². The van der Waals surface area contributed by atoms with Crippen molar-refractivity contribution in [1.82, 2.24) is 4.57 Å². The maximum atomic E-state index is 6.55. The summed E-state index contributed by atoms with van der Waals surface area (Å²) in [5.41, 5.74) is 8.55. The molecule has 0 atom stereocenters. The standard InChI is InChI=1S/C36H24N2O/c1-4-13-25(14-5-1)37(26-15-6-2-7-16-26)30-21-12-22-32-35(30)36-33(39-32)24-23-31-34(36)28-19-10-11-20-29(28)38(31)27-17-8-3-9-18-27/h1-24H. The zero-order chi connectivity index (χ0) is 25.8. The first-order valence-electron chi connectivity index (χ1n) is 13.2. The Labute approximate surface area is 225 Å². The van der Waals surface area contributed by atoms with Crippen LogP contribution in [0.15, 0.2) is 150 Å². The first kappa shape index (κ1) is 21.8. The van der Waals surface area contributed by atoms with Crippen LogP contribution in [0.25, 0.3) is 49.4 Å². The van der Waals surface area contributed by atoms with Crippen LogP contribution in [0.3, 0.4) is 0 Å². The summed E-state index contributed by atoms with van der Waals surface area (Å²) in [6, 6.07) is 51.0. The summed E-state index contributed by atoms with van der Waals surface area (Å²) in [5, 5.41) is 4.67. The lowest BCUT2D eigenvalue weighted by atomic mass is 10.0. The van der Waals surface area contributed by atoms with Crippen LogP contribution in [0.1, 0.15) is 0 Å². The van der Waals surface area contributed by atoms with E-state index < -0.39 is 0 Å². The monoisotopic (exact) mass is 500 g/mol. The Kier molecular flexibility index (Phi) is 4.82. The second-order valence-electron chi connectivity index (χ2n) is 9.78. The topological polar surface area (TPSA) is 21.3 Å². The van der Waals surface area contributed by atoms with Gasteiger partial charge in [-0.3, -0.25) is 0 Å². The molecule has 0 spiro atoms. The zero-order valence-electron chi connectivity index (χ0n) is 21.2. The number of para-hydroxylation sites is 4. The number of hydrogen-bond acceptors (Lipinski definition) is 2. The van der Waals surface area contributed by atoms with Crippen LogP contribution < -0.4 is 4.90 Å². The van der Waals surface area contributed by atoms with E-state index in [9.17, 15) is 0 Å². The van der Waals surface area contributed by atoms with E-state index >= 15 is 0 Å². The van der Waals surface area contributed by atoms with Crippen molar-refractivity contribution in [3.63, 3.8) is 0 Å². The SMILES string of the molecule is c1ccc(N(c2ccccc2)c2cccc3oc4ccc5c(c6ccccc6n5-c5ccccc5)c4c23)cc1. The van der Waals surface area contributed by atoms with Crippen LogP contribution in [0.5, 0.6) is 0 Å². The molecule has 3 nitrogen and oxygen atoms in total. The third kappa shape index (κ3) is 3.30. The number of aromatic nitrogens is 1. The van der Waals surface area contributed by atoms with E-state index in [2.05, 4.69) is 155 Å². The van der Waals surface area contributed by atoms with Crippen molar-refractivity contribution in [1.29, 1.82) is 0 Å². The number of benzene rings is 6. The Bertz CT molecular complexity index is 2070. The molecule has 0 saturated heterocycles. The molecule has 0 saturated carbocycles. The Balaban J connectivity index is 1.54. The molecular weight excluding hydrogens is 476 g/mol. The predicted octanol–water partition coefficient (Wildman–Crippen LogP) is 10.2. The van der Waals surface area contributed by atoms with Gasteiger partial charge in [-0.25, -0.2) is 0 Å². The number of rotatable bonds is 4. The van der Waals surface area contributed by atoms with Gasteiger partial charge in [-0.05, 0) is 66.7 Å². The van der Waals surface area contributed by atoms with Gasteiger partial charge in [0.1, 0.15) is 11.2 Å². The third-order valence-electron chi connectivity index (χ3n) is 7.56. The molecule has 0 aliphatic heterocycles. The number of anilines is 3.